The van der Waals surface area contributed by atoms with Crippen LogP contribution in [0.5, 0.6) is 11.5 Å². The van der Waals surface area contributed by atoms with E-state index in [1.54, 1.807) is 17.7 Å². The van der Waals surface area contributed by atoms with Crippen molar-refractivity contribution in [3.63, 3.8) is 0 Å². The summed E-state index contributed by atoms with van der Waals surface area (Å²) in [6.07, 6.45) is 5.02. The van der Waals surface area contributed by atoms with Crippen LogP contribution in [0.25, 0.3) is 23.0 Å². The highest BCUT2D eigenvalue weighted by Crippen LogP contribution is 2.35. The first kappa shape index (κ1) is 17.9. The molecule has 1 aliphatic rings. The van der Waals surface area contributed by atoms with Crippen molar-refractivity contribution in [3.05, 3.63) is 66.4 Å². The number of benzene rings is 2. The molecule has 1 aromatic heterocycles. The molecule has 2 aromatic carbocycles. The van der Waals surface area contributed by atoms with Crippen molar-refractivity contribution in [2.45, 2.75) is 6.92 Å². The number of hydrogen-bond acceptors (Lipinski definition) is 5. The van der Waals surface area contributed by atoms with Gasteiger partial charge in [0.15, 0.2) is 11.5 Å². The minimum absolute atomic E-state index is 0.335. The monoisotopic (exact) mass is 376 g/mol. The van der Waals surface area contributed by atoms with Crippen molar-refractivity contribution in [1.29, 1.82) is 0 Å². The van der Waals surface area contributed by atoms with E-state index < -0.39 is 0 Å². The predicted molar refractivity (Wildman–Crippen MR) is 106 cm³/mol. The fourth-order valence-corrected chi connectivity index (χ4v) is 2.99. The topological polar surface area (TPSA) is 62.6 Å². The molecule has 0 saturated carbocycles. The fourth-order valence-electron chi connectivity index (χ4n) is 2.99. The second-order valence-electron chi connectivity index (χ2n) is 6.16. The molecule has 1 aliphatic heterocycles. The maximum absolute atomic E-state index is 11.8. The molecule has 0 atom stereocenters. The van der Waals surface area contributed by atoms with Gasteiger partial charge in [-0.05, 0) is 43.3 Å². The maximum atomic E-state index is 11.8. The van der Waals surface area contributed by atoms with E-state index in [-0.39, 0.29) is 5.97 Å². The van der Waals surface area contributed by atoms with E-state index in [1.807, 2.05) is 54.7 Å². The Kier molecular flexibility index (Phi) is 5.10. The van der Waals surface area contributed by atoms with Crippen molar-refractivity contribution in [3.8, 4) is 28.4 Å². The number of aromatic nitrogens is 2. The number of fused-ring (bicyclic) bond motifs is 1. The summed E-state index contributed by atoms with van der Waals surface area (Å²) in [5.41, 5.74) is 3.34. The minimum Gasteiger partial charge on any atom is -0.486 e. The lowest BCUT2D eigenvalue weighted by atomic mass is 10.1. The summed E-state index contributed by atoms with van der Waals surface area (Å²) >= 11 is 0. The maximum Gasteiger partial charge on any atom is 0.330 e. The zero-order chi connectivity index (χ0) is 19.3. The summed E-state index contributed by atoms with van der Waals surface area (Å²) in [6, 6.07) is 15.5. The summed E-state index contributed by atoms with van der Waals surface area (Å²) in [7, 11) is 0. The number of nitrogens with zero attached hydrogens (tertiary/aromatic N) is 2. The van der Waals surface area contributed by atoms with Crippen LogP contribution in [-0.4, -0.2) is 35.6 Å². The lowest BCUT2D eigenvalue weighted by Gasteiger charge is -2.18. The molecule has 28 heavy (non-hydrogen) atoms. The summed E-state index contributed by atoms with van der Waals surface area (Å²) in [5, 5.41) is 4.74. The van der Waals surface area contributed by atoms with E-state index in [0.29, 0.717) is 25.6 Å². The van der Waals surface area contributed by atoms with Gasteiger partial charge >= 0.3 is 5.97 Å². The molecule has 6 nitrogen and oxygen atoms in total. The SMILES string of the molecule is CCOC(=O)/C=C\c1cn(-c2ccccc2)nc1-c1ccc2c(c1)OCCO2. The van der Waals surface area contributed by atoms with Gasteiger partial charge in [-0.3, -0.25) is 0 Å². The molecule has 6 heteroatoms. The first-order chi connectivity index (χ1) is 13.7. The average molecular weight is 376 g/mol. The van der Waals surface area contributed by atoms with E-state index >= 15 is 0 Å². The molecule has 0 radical (unpaired) electrons. The molecule has 0 saturated heterocycles. The Bertz CT molecular complexity index is 1010. The normalized spacial score (nSPS) is 12.9. The van der Waals surface area contributed by atoms with E-state index in [2.05, 4.69) is 0 Å². The van der Waals surface area contributed by atoms with E-state index in [1.165, 1.54) is 6.08 Å². The number of rotatable bonds is 5. The smallest absolute Gasteiger partial charge is 0.330 e. The summed E-state index contributed by atoms with van der Waals surface area (Å²) in [5.74, 6) is 1.03. The highest BCUT2D eigenvalue weighted by Gasteiger charge is 2.16. The van der Waals surface area contributed by atoms with E-state index in [4.69, 9.17) is 19.3 Å². The van der Waals surface area contributed by atoms with Gasteiger partial charge in [-0.25, -0.2) is 9.48 Å². The molecule has 0 N–H and O–H groups in total. The van der Waals surface area contributed by atoms with Gasteiger partial charge in [0.2, 0.25) is 0 Å². The Morgan fingerprint density at radius 1 is 1.14 bits per heavy atom. The number of esters is 1. The third kappa shape index (κ3) is 3.76. The molecule has 142 valence electrons. The number of para-hydroxylation sites is 1. The Labute approximate surface area is 163 Å². The molecule has 4 rings (SSSR count). The zero-order valence-electron chi connectivity index (χ0n) is 15.5. The second kappa shape index (κ2) is 8.00. The predicted octanol–water partition coefficient (Wildman–Crippen LogP) is 3.89. The lowest BCUT2D eigenvalue weighted by Crippen LogP contribution is -2.15. The number of carbonyl (C=O) groups is 1. The number of hydrogen-bond donors (Lipinski definition) is 0. The molecule has 0 unspecified atom stereocenters. The van der Waals surface area contributed by atoms with Gasteiger partial charge in [0.05, 0.1) is 12.3 Å². The van der Waals surface area contributed by atoms with Crippen molar-refractivity contribution in [1.82, 2.24) is 9.78 Å². The third-order valence-corrected chi connectivity index (χ3v) is 4.26. The van der Waals surface area contributed by atoms with Crippen LogP contribution < -0.4 is 9.47 Å². The van der Waals surface area contributed by atoms with E-state index in [9.17, 15) is 4.79 Å². The molecular formula is C22H20N2O4. The van der Waals surface area contributed by atoms with Crippen LogP contribution in [0.3, 0.4) is 0 Å². The van der Waals surface area contributed by atoms with Crippen molar-refractivity contribution in [2.24, 2.45) is 0 Å². The van der Waals surface area contributed by atoms with Crippen LogP contribution in [0.2, 0.25) is 0 Å². The van der Waals surface area contributed by atoms with Crippen LogP contribution >= 0.6 is 0 Å². The van der Waals surface area contributed by atoms with Crippen LogP contribution in [0.4, 0.5) is 0 Å². The molecular weight excluding hydrogens is 356 g/mol. The Morgan fingerprint density at radius 2 is 1.93 bits per heavy atom. The van der Waals surface area contributed by atoms with Crippen molar-refractivity contribution in [2.75, 3.05) is 19.8 Å². The summed E-state index contributed by atoms with van der Waals surface area (Å²) in [6.45, 7) is 3.17. The molecule has 0 amide bonds. The number of ether oxygens (including phenoxy) is 3. The third-order valence-electron chi connectivity index (χ3n) is 4.26. The molecule has 2 heterocycles. The Hall–Kier alpha value is -3.54. The van der Waals surface area contributed by atoms with E-state index in [0.717, 1.165) is 28.3 Å². The highest BCUT2D eigenvalue weighted by molar-refractivity contribution is 5.88. The first-order valence-electron chi connectivity index (χ1n) is 9.14. The average Bonchev–Trinajstić information content (AvgIpc) is 3.17. The van der Waals surface area contributed by atoms with Gasteiger partial charge in [0, 0.05) is 23.4 Å². The first-order valence-corrected chi connectivity index (χ1v) is 9.14. The summed E-state index contributed by atoms with van der Waals surface area (Å²) < 4.78 is 18.1. The lowest BCUT2D eigenvalue weighted by molar-refractivity contribution is -0.137. The number of carbonyl (C=O) groups excluding carboxylic acids is 1. The highest BCUT2D eigenvalue weighted by atomic mass is 16.6. The largest absolute Gasteiger partial charge is 0.486 e. The molecule has 0 aliphatic carbocycles. The Balaban J connectivity index is 1.76. The van der Waals surface area contributed by atoms with Crippen LogP contribution in [-0.2, 0) is 9.53 Å². The quantitative estimate of drug-likeness (QED) is 0.499. The minimum atomic E-state index is -0.386. The van der Waals surface area contributed by atoms with Gasteiger partial charge < -0.3 is 14.2 Å². The van der Waals surface area contributed by atoms with Gasteiger partial charge in [0.1, 0.15) is 18.9 Å². The van der Waals surface area contributed by atoms with Gasteiger partial charge in [-0.15, -0.1) is 0 Å². The molecule has 0 bridgehead atoms. The standard InChI is InChI=1S/C22H20N2O4/c1-2-26-21(25)11-9-17-15-24(18-6-4-3-5-7-18)23-22(17)16-8-10-19-20(14-16)28-13-12-27-19/h3-11,14-15H,2,12-13H2,1H3/b11-9-. The van der Waals surface area contributed by atoms with Crippen molar-refractivity contribution < 1.29 is 19.0 Å². The molecule has 3 aromatic rings. The van der Waals surface area contributed by atoms with Crippen LogP contribution in [0.1, 0.15) is 12.5 Å². The fraction of sp³-hybridized carbons (Fsp3) is 0.182. The van der Waals surface area contributed by atoms with Gasteiger partial charge in [-0.2, -0.15) is 5.10 Å². The Morgan fingerprint density at radius 3 is 2.71 bits per heavy atom. The van der Waals surface area contributed by atoms with Gasteiger partial charge in [-0.1, -0.05) is 18.2 Å². The second-order valence-corrected chi connectivity index (χ2v) is 6.16. The van der Waals surface area contributed by atoms with Crippen LogP contribution in [0.15, 0.2) is 60.8 Å². The summed E-state index contributed by atoms with van der Waals surface area (Å²) in [4.78, 5) is 11.8. The molecule has 0 fully saturated rings. The zero-order valence-corrected chi connectivity index (χ0v) is 15.5. The van der Waals surface area contributed by atoms with Gasteiger partial charge in [0.25, 0.3) is 0 Å². The molecule has 0 spiro atoms. The van der Waals surface area contributed by atoms with Crippen LogP contribution in [0, 0.1) is 0 Å². The van der Waals surface area contributed by atoms with Crippen molar-refractivity contribution >= 4 is 12.0 Å².